The number of amides is 1. The summed E-state index contributed by atoms with van der Waals surface area (Å²) in [6.45, 7) is 15.9. The number of aliphatic hydroxyl groups excluding tert-OH is 1. The molecule has 0 radical (unpaired) electrons. The van der Waals surface area contributed by atoms with E-state index < -0.39 is 32.3 Å². The van der Waals surface area contributed by atoms with Gasteiger partial charge in [-0.3, -0.25) is 0 Å². The molecule has 2 atom stereocenters. The summed E-state index contributed by atoms with van der Waals surface area (Å²) in [6, 6.07) is -0.754. The highest BCUT2D eigenvalue weighted by atomic mass is 32.1. The second-order valence-corrected chi connectivity index (χ2v) is 13.5. The molecule has 0 aromatic rings. The zero-order valence-electron chi connectivity index (χ0n) is 16.0. The van der Waals surface area contributed by atoms with Crippen molar-refractivity contribution in [3.63, 3.8) is 0 Å². The Labute approximate surface area is 151 Å². The summed E-state index contributed by atoms with van der Waals surface area (Å²) in [5.41, 5.74) is 4.76. The molecule has 0 aliphatic carbocycles. The lowest BCUT2D eigenvalue weighted by molar-refractivity contribution is 0.0336. The van der Waals surface area contributed by atoms with Gasteiger partial charge in [0.25, 0.3) is 0 Å². The zero-order chi connectivity index (χ0) is 19.3. The molecule has 0 aromatic heterocycles. The molecule has 9 heteroatoms. The van der Waals surface area contributed by atoms with Crippen LogP contribution in [0.2, 0.25) is 18.1 Å². The number of rotatable bonds is 6. The fourth-order valence-corrected chi connectivity index (χ4v) is 2.58. The Morgan fingerprint density at radius 1 is 1.21 bits per heavy atom. The van der Waals surface area contributed by atoms with E-state index in [9.17, 15) is 9.90 Å². The van der Waals surface area contributed by atoms with Crippen LogP contribution in [0.4, 0.5) is 4.79 Å². The van der Waals surface area contributed by atoms with Gasteiger partial charge in [-0.25, -0.2) is 4.79 Å². The SMILES string of the molecule is CC(C)(C)OC(=O)NC(CO[Si](C)(C)C(C)(C)C)C(O)NC(N)=S. The molecule has 2 unspecified atom stereocenters. The number of ether oxygens (including phenoxy) is 1. The first-order chi connectivity index (χ1) is 10.5. The molecular weight excluding hydrogens is 346 g/mol. The van der Waals surface area contributed by atoms with Gasteiger partial charge in [-0.2, -0.15) is 0 Å². The summed E-state index contributed by atoms with van der Waals surface area (Å²) in [4.78, 5) is 12.0. The van der Waals surface area contributed by atoms with E-state index in [0.717, 1.165) is 0 Å². The number of carbonyl (C=O) groups excluding carboxylic acids is 1. The number of carbonyl (C=O) groups is 1. The average Bonchev–Trinajstić information content (AvgIpc) is 2.29. The molecule has 0 bridgehead atoms. The number of alkyl carbamates (subject to hydrolysis) is 1. The molecular formula is C15H33N3O4SSi. The smallest absolute Gasteiger partial charge is 0.408 e. The standard InChI is InChI=1S/C15H33N3O4SSi/c1-14(2,3)22-13(20)17-10(11(19)18-12(16)23)9-21-24(7,8)15(4,5)6/h10-11,19H,9H2,1-8H3,(H,17,20)(H3,16,18,23). The van der Waals surface area contributed by atoms with Crippen LogP contribution >= 0.6 is 12.2 Å². The molecule has 0 heterocycles. The zero-order valence-corrected chi connectivity index (χ0v) is 17.8. The van der Waals surface area contributed by atoms with Crippen LogP contribution in [0.1, 0.15) is 41.5 Å². The van der Waals surface area contributed by atoms with Crippen LogP contribution in [0.5, 0.6) is 0 Å². The Balaban J connectivity index is 5.01. The summed E-state index contributed by atoms with van der Waals surface area (Å²) >= 11 is 4.74. The van der Waals surface area contributed by atoms with Gasteiger partial charge in [-0.05, 0) is 51.1 Å². The van der Waals surface area contributed by atoms with Gasteiger partial charge in [-0.15, -0.1) is 0 Å². The molecule has 1 amide bonds. The fourth-order valence-electron chi connectivity index (χ4n) is 1.43. The van der Waals surface area contributed by atoms with Crippen LogP contribution in [0, 0.1) is 0 Å². The van der Waals surface area contributed by atoms with E-state index >= 15 is 0 Å². The summed E-state index contributed by atoms with van der Waals surface area (Å²) < 4.78 is 11.3. The third-order valence-electron chi connectivity index (χ3n) is 3.80. The van der Waals surface area contributed by atoms with Gasteiger partial charge >= 0.3 is 6.09 Å². The molecule has 0 aromatic carbocycles. The lowest BCUT2D eigenvalue weighted by Gasteiger charge is -2.38. The van der Waals surface area contributed by atoms with Crippen molar-refractivity contribution < 1.29 is 19.1 Å². The van der Waals surface area contributed by atoms with Gasteiger partial charge in [0.05, 0.1) is 12.6 Å². The predicted molar refractivity (Wildman–Crippen MR) is 102 cm³/mol. The van der Waals surface area contributed by atoms with Crippen LogP contribution in [-0.2, 0) is 9.16 Å². The fraction of sp³-hybridized carbons (Fsp3) is 0.867. The Hall–Kier alpha value is -0.903. The topological polar surface area (TPSA) is 106 Å². The molecule has 0 aliphatic heterocycles. The lowest BCUT2D eigenvalue weighted by Crippen LogP contribution is -2.57. The maximum absolute atomic E-state index is 12.0. The Morgan fingerprint density at radius 3 is 2.08 bits per heavy atom. The minimum atomic E-state index is -2.05. The third-order valence-corrected chi connectivity index (χ3v) is 8.42. The minimum absolute atomic E-state index is 0.00498. The minimum Gasteiger partial charge on any atom is -0.444 e. The quantitative estimate of drug-likeness (QED) is 0.318. The van der Waals surface area contributed by atoms with E-state index in [1.54, 1.807) is 20.8 Å². The number of nitrogens with two attached hydrogens (primary N) is 1. The molecule has 0 fully saturated rings. The number of nitrogens with one attached hydrogen (secondary N) is 2. The maximum Gasteiger partial charge on any atom is 0.408 e. The van der Waals surface area contributed by atoms with Gasteiger partial charge in [-0.1, -0.05) is 20.8 Å². The predicted octanol–water partition coefficient (Wildman–Crippen LogP) is 2.05. The van der Waals surface area contributed by atoms with Crippen molar-refractivity contribution in [2.24, 2.45) is 5.73 Å². The van der Waals surface area contributed by atoms with Crippen molar-refractivity contribution in [2.45, 2.75) is 77.5 Å². The molecule has 5 N–H and O–H groups in total. The van der Waals surface area contributed by atoms with Gasteiger partial charge in [0, 0.05) is 0 Å². The molecule has 24 heavy (non-hydrogen) atoms. The Morgan fingerprint density at radius 2 is 1.71 bits per heavy atom. The van der Waals surface area contributed by atoms with Crippen molar-refractivity contribution in [3.8, 4) is 0 Å². The van der Waals surface area contributed by atoms with E-state index in [2.05, 4.69) is 44.5 Å². The first kappa shape index (κ1) is 23.1. The Kier molecular flexibility index (Phi) is 8.14. The van der Waals surface area contributed by atoms with Crippen molar-refractivity contribution in [1.82, 2.24) is 10.6 Å². The van der Waals surface area contributed by atoms with Crippen LogP contribution in [0.15, 0.2) is 0 Å². The molecule has 0 spiro atoms. The maximum atomic E-state index is 12.0. The highest BCUT2D eigenvalue weighted by molar-refractivity contribution is 7.80. The average molecular weight is 380 g/mol. The number of thiocarbonyl (C=S) groups is 1. The van der Waals surface area contributed by atoms with Gasteiger partial charge in [0.15, 0.2) is 13.4 Å². The van der Waals surface area contributed by atoms with E-state index in [-0.39, 0.29) is 16.8 Å². The molecule has 142 valence electrons. The second kappa shape index (κ2) is 8.46. The van der Waals surface area contributed by atoms with Crippen molar-refractivity contribution in [3.05, 3.63) is 0 Å². The summed E-state index contributed by atoms with van der Waals surface area (Å²) in [5.74, 6) is 0. The number of aliphatic hydroxyl groups is 1. The second-order valence-electron chi connectivity index (χ2n) is 8.28. The van der Waals surface area contributed by atoms with E-state index in [0.29, 0.717) is 0 Å². The molecule has 0 saturated heterocycles. The van der Waals surface area contributed by atoms with E-state index in [4.69, 9.17) is 27.1 Å². The molecule has 7 nitrogen and oxygen atoms in total. The Bertz CT molecular complexity index is 447. The van der Waals surface area contributed by atoms with Crippen LogP contribution in [0.25, 0.3) is 0 Å². The summed E-state index contributed by atoms with van der Waals surface area (Å²) in [5, 5.41) is 15.3. The van der Waals surface area contributed by atoms with Crippen LogP contribution < -0.4 is 16.4 Å². The van der Waals surface area contributed by atoms with Crippen molar-refractivity contribution >= 4 is 31.7 Å². The third kappa shape index (κ3) is 8.81. The highest BCUT2D eigenvalue weighted by Crippen LogP contribution is 2.36. The first-order valence-corrected chi connectivity index (χ1v) is 11.2. The largest absolute Gasteiger partial charge is 0.444 e. The van der Waals surface area contributed by atoms with Gasteiger partial charge < -0.3 is 30.6 Å². The lowest BCUT2D eigenvalue weighted by atomic mass is 10.2. The van der Waals surface area contributed by atoms with Crippen LogP contribution in [0.3, 0.4) is 0 Å². The number of hydrogen-bond acceptors (Lipinski definition) is 5. The van der Waals surface area contributed by atoms with E-state index in [1.165, 1.54) is 0 Å². The van der Waals surface area contributed by atoms with E-state index in [1.807, 2.05) is 0 Å². The summed E-state index contributed by atoms with van der Waals surface area (Å²) in [7, 11) is -2.05. The van der Waals surface area contributed by atoms with Crippen LogP contribution in [-0.4, -0.2) is 49.1 Å². The van der Waals surface area contributed by atoms with Crippen molar-refractivity contribution in [2.75, 3.05) is 6.61 Å². The molecule has 0 aliphatic rings. The number of hydrogen-bond donors (Lipinski definition) is 4. The molecule has 0 rings (SSSR count). The summed E-state index contributed by atoms with van der Waals surface area (Å²) in [6.07, 6.45) is -1.82. The highest BCUT2D eigenvalue weighted by Gasteiger charge is 2.38. The van der Waals surface area contributed by atoms with Gasteiger partial charge in [0.1, 0.15) is 11.8 Å². The molecule has 0 saturated carbocycles. The van der Waals surface area contributed by atoms with Crippen molar-refractivity contribution in [1.29, 1.82) is 0 Å². The van der Waals surface area contributed by atoms with Gasteiger partial charge in [0.2, 0.25) is 0 Å². The first-order valence-electron chi connectivity index (χ1n) is 7.93. The monoisotopic (exact) mass is 379 g/mol. The normalized spacial score (nSPS) is 15.4.